The molecule has 0 N–H and O–H groups in total. The van der Waals surface area contributed by atoms with Crippen molar-refractivity contribution in [2.24, 2.45) is 0 Å². The summed E-state index contributed by atoms with van der Waals surface area (Å²) in [6, 6.07) is 13.2. The van der Waals surface area contributed by atoms with Crippen molar-refractivity contribution in [2.45, 2.75) is 13.3 Å². The number of methoxy groups -OCH3 is 1. The zero-order valence-corrected chi connectivity index (χ0v) is 17.7. The Morgan fingerprint density at radius 3 is 2.65 bits per heavy atom. The number of carbonyl (C=O) groups is 2. The zero-order chi connectivity index (χ0) is 21.7. The van der Waals surface area contributed by atoms with Crippen molar-refractivity contribution in [3.8, 4) is 5.69 Å². The molecule has 0 spiro atoms. The van der Waals surface area contributed by atoms with E-state index in [-0.39, 0.29) is 11.7 Å². The van der Waals surface area contributed by atoms with Crippen molar-refractivity contribution in [3.63, 3.8) is 0 Å². The van der Waals surface area contributed by atoms with Crippen LogP contribution >= 0.6 is 11.3 Å². The fourth-order valence-corrected chi connectivity index (χ4v) is 5.03. The number of aromatic nitrogens is 2. The minimum Gasteiger partial charge on any atom is -0.465 e. The van der Waals surface area contributed by atoms with Crippen LogP contribution in [0.15, 0.2) is 48.5 Å². The Kier molecular flexibility index (Phi) is 4.59. The predicted molar refractivity (Wildman–Crippen MR) is 117 cm³/mol. The Bertz CT molecular complexity index is 1340. The lowest BCUT2D eigenvalue weighted by atomic mass is 10.1. The van der Waals surface area contributed by atoms with E-state index in [4.69, 9.17) is 4.74 Å². The van der Waals surface area contributed by atoms with Crippen molar-refractivity contribution in [3.05, 3.63) is 76.0 Å². The highest BCUT2D eigenvalue weighted by Gasteiger charge is 2.28. The Hall–Kier alpha value is -3.52. The average molecular weight is 435 g/mol. The van der Waals surface area contributed by atoms with Gasteiger partial charge in [-0.15, -0.1) is 11.3 Å². The number of fused-ring (bicyclic) bond motifs is 2. The fourth-order valence-electron chi connectivity index (χ4n) is 3.90. The quantitative estimate of drug-likeness (QED) is 0.444. The van der Waals surface area contributed by atoms with Crippen LogP contribution in [0.4, 0.5) is 10.1 Å². The van der Waals surface area contributed by atoms with E-state index < -0.39 is 5.97 Å². The molecule has 31 heavy (non-hydrogen) atoms. The number of hydrogen-bond donors (Lipinski definition) is 0. The molecule has 0 bridgehead atoms. The molecule has 0 aliphatic carbocycles. The van der Waals surface area contributed by atoms with Crippen molar-refractivity contribution in [1.82, 2.24) is 9.78 Å². The maximum absolute atomic E-state index is 13.3. The maximum Gasteiger partial charge on any atom is 0.337 e. The molecule has 5 rings (SSSR count). The molecule has 0 radical (unpaired) electrons. The first-order valence-electron chi connectivity index (χ1n) is 9.74. The molecule has 0 atom stereocenters. The molecule has 8 heteroatoms. The summed E-state index contributed by atoms with van der Waals surface area (Å²) >= 11 is 1.37. The van der Waals surface area contributed by atoms with Gasteiger partial charge < -0.3 is 9.64 Å². The maximum atomic E-state index is 13.3. The highest BCUT2D eigenvalue weighted by atomic mass is 32.1. The third kappa shape index (κ3) is 3.19. The number of hydrogen-bond acceptors (Lipinski definition) is 5. The second kappa shape index (κ2) is 7.31. The summed E-state index contributed by atoms with van der Waals surface area (Å²) in [5.41, 5.74) is 3.78. The van der Waals surface area contributed by atoms with Crippen LogP contribution in [0.25, 0.3) is 15.9 Å². The van der Waals surface area contributed by atoms with Gasteiger partial charge in [-0.3, -0.25) is 4.79 Å². The Morgan fingerprint density at radius 1 is 1.13 bits per heavy atom. The van der Waals surface area contributed by atoms with Crippen LogP contribution in [0, 0.1) is 12.7 Å². The summed E-state index contributed by atoms with van der Waals surface area (Å²) in [4.78, 5) is 28.3. The highest BCUT2D eigenvalue weighted by Crippen LogP contribution is 2.35. The van der Waals surface area contributed by atoms with Gasteiger partial charge in [0.25, 0.3) is 5.91 Å². The number of rotatable bonds is 3. The smallest absolute Gasteiger partial charge is 0.337 e. The number of ether oxygens (including phenoxy) is 1. The second-order valence-electron chi connectivity index (χ2n) is 7.34. The Labute approximate surface area is 181 Å². The van der Waals surface area contributed by atoms with Crippen LogP contribution < -0.4 is 4.90 Å². The van der Waals surface area contributed by atoms with Gasteiger partial charge in [-0.05, 0) is 67.4 Å². The number of amides is 1. The number of halogens is 1. The second-order valence-corrected chi connectivity index (χ2v) is 8.38. The number of carbonyl (C=O) groups excluding carboxylic acids is 2. The third-order valence-electron chi connectivity index (χ3n) is 5.47. The largest absolute Gasteiger partial charge is 0.465 e. The van der Waals surface area contributed by atoms with Gasteiger partial charge in [0.15, 0.2) is 0 Å². The molecule has 6 nitrogen and oxygen atoms in total. The first-order chi connectivity index (χ1) is 15.0. The Balaban J connectivity index is 1.50. The summed E-state index contributed by atoms with van der Waals surface area (Å²) in [6.45, 7) is 2.44. The molecule has 1 aliphatic heterocycles. The van der Waals surface area contributed by atoms with Crippen LogP contribution in [0.3, 0.4) is 0 Å². The molecule has 0 saturated heterocycles. The lowest BCUT2D eigenvalue weighted by Crippen LogP contribution is -2.28. The minimum atomic E-state index is -0.391. The lowest BCUT2D eigenvalue weighted by Gasteiger charge is -2.16. The van der Waals surface area contributed by atoms with Gasteiger partial charge in [0.05, 0.1) is 28.9 Å². The SMILES string of the molecule is COC(=O)c1ccc2c(c1)CCN2C(=O)c1cc2c(C)nn(-c3ccc(F)cc3)c2s1. The fraction of sp³-hybridized carbons (Fsp3) is 0.174. The van der Waals surface area contributed by atoms with Gasteiger partial charge in [0.1, 0.15) is 10.6 Å². The van der Waals surface area contributed by atoms with Crippen molar-refractivity contribution in [1.29, 1.82) is 0 Å². The van der Waals surface area contributed by atoms with Crippen molar-refractivity contribution >= 4 is 39.1 Å². The van der Waals surface area contributed by atoms with Gasteiger partial charge in [0, 0.05) is 17.6 Å². The summed E-state index contributed by atoms with van der Waals surface area (Å²) in [7, 11) is 1.35. The molecule has 156 valence electrons. The van der Waals surface area contributed by atoms with Crippen LogP contribution in [0.1, 0.15) is 31.3 Å². The number of anilines is 1. The van der Waals surface area contributed by atoms with Gasteiger partial charge in [0.2, 0.25) is 0 Å². The lowest BCUT2D eigenvalue weighted by molar-refractivity contribution is 0.0600. The average Bonchev–Trinajstić information content (AvgIpc) is 3.48. The molecule has 1 amide bonds. The monoisotopic (exact) mass is 435 g/mol. The van der Waals surface area contributed by atoms with Crippen LogP contribution in [0.5, 0.6) is 0 Å². The van der Waals surface area contributed by atoms with Crippen LogP contribution in [-0.4, -0.2) is 35.3 Å². The highest BCUT2D eigenvalue weighted by molar-refractivity contribution is 7.20. The van der Waals surface area contributed by atoms with E-state index in [0.29, 0.717) is 23.4 Å². The normalized spacial score (nSPS) is 12.9. The van der Waals surface area contributed by atoms with Crippen LogP contribution in [-0.2, 0) is 11.2 Å². The first kappa shape index (κ1) is 19.4. The van der Waals surface area contributed by atoms with Crippen molar-refractivity contribution in [2.75, 3.05) is 18.6 Å². The molecule has 4 aromatic rings. The molecule has 3 heterocycles. The van der Waals surface area contributed by atoms with Gasteiger partial charge in [-0.25, -0.2) is 13.9 Å². The van der Waals surface area contributed by atoms with Gasteiger partial charge in [-0.2, -0.15) is 5.10 Å². The zero-order valence-electron chi connectivity index (χ0n) is 16.9. The van der Waals surface area contributed by atoms with E-state index >= 15 is 0 Å². The van der Waals surface area contributed by atoms with E-state index in [1.54, 1.807) is 39.9 Å². The summed E-state index contributed by atoms with van der Waals surface area (Å²) in [5.74, 6) is -0.789. The number of benzene rings is 2. The molecule has 2 aromatic carbocycles. The van der Waals surface area contributed by atoms with E-state index in [1.807, 2.05) is 13.0 Å². The standard InChI is InChI=1S/C23H18FN3O3S/c1-13-18-12-20(31-22(18)27(25-13)17-6-4-16(24)5-7-17)21(28)26-10-9-14-11-15(23(29)30-2)3-8-19(14)26/h3-8,11-12H,9-10H2,1-2H3. The molecule has 0 fully saturated rings. The molecular formula is C23H18FN3O3S. The summed E-state index contributed by atoms with van der Waals surface area (Å²) in [6.07, 6.45) is 0.680. The minimum absolute atomic E-state index is 0.0872. The summed E-state index contributed by atoms with van der Waals surface area (Å²) < 4.78 is 19.8. The topological polar surface area (TPSA) is 64.4 Å². The number of esters is 1. The predicted octanol–water partition coefficient (Wildman–Crippen LogP) is 4.52. The number of aryl methyl sites for hydroxylation is 1. The van der Waals surface area contributed by atoms with Crippen LogP contribution in [0.2, 0.25) is 0 Å². The first-order valence-corrected chi connectivity index (χ1v) is 10.6. The molecule has 1 aliphatic rings. The number of nitrogens with zero attached hydrogens (tertiary/aromatic N) is 3. The van der Waals surface area contributed by atoms with Gasteiger partial charge in [-0.1, -0.05) is 0 Å². The van der Waals surface area contributed by atoms with Gasteiger partial charge >= 0.3 is 5.97 Å². The molecule has 2 aromatic heterocycles. The van der Waals surface area contributed by atoms with Crippen molar-refractivity contribution < 1.29 is 18.7 Å². The Morgan fingerprint density at radius 2 is 1.90 bits per heavy atom. The molecular weight excluding hydrogens is 417 g/mol. The van der Waals surface area contributed by atoms with E-state index in [1.165, 1.54) is 30.6 Å². The van der Waals surface area contributed by atoms with E-state index in [9.17, 15) is 14.0 Å². The molecule has 0 unspecified atom stereocenters. The summed E-state index contributed by atoms with van der Waals surface area (Å²) in [5, 5.41) is 5.45. The van der Waals surface area contributed by atoms with E-state index in [0.717, 1.165) is 32.8 Å². The number of thiophene rings is 1. The van der Waals surface area contributed by atoms with E-state index in [2.05, 4.69) is 5.10 Å². The molecule has 0 saturated carbocycles. The third-order valence-corrected chi connectivity index (χ3v) is 6.57.